The molecule has 0 spiro atoms. The smallest absolute Gasteiger partial charge is 0.261 e. The molecule has 168 valence electrons. The van der Waals surface area contributed by atoms with Gasteiger partial charge in [0.2, 0.25) is 0 Å². The molecule has 3 rings (SSSR count). The number of piperidine rings is 1. The van der Waals surface area contributed by atoms with Gasteiger partial charge in [-0.2, -0.15) is 0 Å². The molecule has 6 nitrogen and oxygen atoms in total. The number of anilines is 1. The van der Waals surface area contributed by atoms with E-state index in [1.807, 2.05) is 6.92 Å². The zero-order valence-electron chi connectivity index (χ0n) is 18.6. The highest BCUT2D eigenvalue weighted by molar-refractivity contribution is 7.92. The summed E-state index contributed by atoms with van der Waals surface area (Å²) in [6, 6.07) is 13.2. The molecule has 2 N–H and O–H groups in total. The largest absolute Gasteiger partial charge is 0.352 e. The third-order valence-electron chi connectivity index (χ3n) is 5.61. The van der Waals surface area contributed by atoms with Gasteiger partial charge in [0.15, 0.2) is 0 Å². The van der Waals surface area contributed by atoms with Crippen LogP contribution in [0.25, 0.3) is 0 Å². The van der Waals surface area contributed by atoms with E-state index < -0.39 is 10.0 Å². The number of rotatable bonds is 8. The van der Waals surface area contributed by atoms with Crippen molar-refractivity contribution >= 4 is 21.6 Å². The number of aryl methyl sites for hydroxylation is 1. The minimum Gasteiger partial charge on any atom is -0.352 e. The maximum absolute atomic E-state index is 12.5. The van der Waals surface area contributed by atoms with Crippen LogP contribution in [0.4, 0.5) is 5.69 Å². The van der Waals surface area contributed by atoms with Crippen LogP contribution in [0.5, 0.6) is 0 Å². The van der Waals surface area contributed by atoms with E-state index in [0.29, 0.717) is 17.8 Å². The molecule has 7 heteroatoms. The number of carbonyl (C=O) groups is 1. The van der Waals surface area contributed by atoms with Gasteiger partial charge in [-0.3, -0.25) is 9.52 Å². The van der Waals surface area contributed by atoms with E-state index in [-0.39, 0.29) is 10.8 Å². The Balaban J connectivity index is 1.47. The molecule has 1 aliphatic rings. The number of hydrogen-bond acceptors (Lipinski definition) is 4. The number of likely N-dealkylation sites (tertiary alicyclic amines) is 1. The third-order valence-corrected chi connectivity index (χ3v) is 7.01. The van der Waals surface area contributed by atoms with Gasteiger partial charge in [-0.1, -0.05) is 31.5 Å². The van der Waals surface area contributed by atoms with Crippen LogP contribution in [0.15, 0.2) is 53.4 Å². The molecule has 0 aromatic heterocycles. The van der Waals surface area contributed by atoms with Crippen LogP contribution < -0.4 is 10.0 Å². The minimum atomic E-state index is -3.65. The predicted molar refractivity (Wildman–Crippen MR) is 125 cm³/mol. The maximum Gasteiger partial charge on any atom is 0.261 e. The van der Waals surface area contributed by atoms with Gasteiger partial charge in [-0.15, -0.1) is 0 Å². The predicted octanol–water partition coefficient (Wildman–Crippen LogP) is 3.89. The average Bonchev–Trinajstić information content (AvgIpc) is 2.71. The highest BCUT2D eigenvalue weighted by Gasteiger charge is 2.21. The van der Waals surface area contributed by atoms with Crippen LogP contribution in [0, 0.1) is 18.8 Å². The Hall–Kier alpha value is -2.38. The van der Waals surface area contributed by atoms with Crippen LogP contribution in [0.3, 0.4) is 0 Å². The lowest BCUT2D eigenvalue weighted by molar-refractivity contribution is 0.0947. The number of benzene rings is 2. The summed E-state index contributed by atoms with van der Waals surface area (Å²) in [6.45, 7) is 10.4. The van der Waals surface area contributed by atoms with E-state index in [1.165, 1.54) is 6.42 Å². The molecule has 2 aromatic rings. The molecule has 1 fully saturated rings. The lowest BCUT2D eigenvalue weighted by Crippen LogP contribution is -2.40. The van der Waals surface area contributed by atoms with Crippen LogP contribution in [-0.2, 0) is 10.0 Å². The van der Waals surface area contributed by atoms with Crippen molar-refractivity contribution in [2.24, 2.45) is 11.8 Å². The molecule has 31 heavy (non-hydrogen) atoms. The Labute approximate surface area is 186 Å². The first-order valence-corrected chi connectivity index (χ1v) is 12.4. The molecule has 1 heterocycles. The molecule has 0 radical (unpaired) electrons. The molecule has 2 aromatic carbocycles. The van der Waals surface area contributed by atoms with Gasteiger partial charge in [-0.25, -0.2) is 8.42 Å². The van der Waals surface area contributed by atoms with Gasteiger partial charge in [0.25, 0.3) is 15.9 Å². The van der Waals surface area contributed by atoms with Gasteiger partial charge >= 0.3 is 0 Å². The fourth-order valence-corrected chi connectivity index (χ4v) is 5.26. The zero-order valence-corrected chi connectivity index (χ0v) is 19.4. The highest BCUT2D eigenvalue weighted by Crippen LogP contribution is 2.21. The van der Waals surface area contributed by atoms with Crippen molar-refractivity contribution in [1.29, 1.82) is 0 Å². The van der Waals surface area contributed by atoms with E-state index in [2.05, 4.69) is 28.8 Å². The molecule has 2 unspecified atom stereocenters. The maximum atomic E-state index is 12.5. The third kappa shape index (κ3) is 6.80. The highest BCUT2D eigenvalue weighted by atomic mass is 32.2. The van der Waals surface area contributed by atoms with Crippen LogP contribution >= 0.6 is 0 Å². The molecule has 1 aliphatic heterocycles. The van der Waals surface area contributed by atoms with Crippen molar-refractivity contribution in [3.05, 3.63) is 59.7 Å². The first kappa shape index (κ1) is 23.3. The van der Waals surface area contributed by atoms with E-state index in [4.69, 9.17) is 0 Å². The van der Waals surface area contributed by atoms with Crippen molar-refractivity contribution in [3.63, 3.8) is 0 Å². The number of nitrogens with one attached hydrogen (secondary N) is 2. The number of hydrogen-bond donors (Lipinski definition) is 2. The molecule has 2 atom stereocenters. The summed E-state index contributed by atoms with van der Waals surface area (Å²) < 4.78 is 27.5. The number of carbonyl (C=O) groups excluding carboxylic acids is 1. The fourth-order valence-electron chi connectivity index (χ4n) is 4.20. The van der Waals surface area contributed by atoms with Gasteiger partial charge in [-0.05, 0) is 74.5 Å². The molecule has 1 amide bonds. The topological polar surface area (TPSA) is 78.5 Å². The summed E-state index contributed by atoms with van der Waals surface area (Å²) in [6.07, 6.45) is 2.21. The molecule has 0 saturated carbocycles. The van der Waals surface area contributed by atoms with E-state index >= 15 is 0 Å². The molecule has 1 saturated heterocycles. The van der Waals surface area contributed by atoms with Gasteiger partial charge < -0.3 is 10.2 Å². The minimum absolute atomic E-state index is 0.145. The summed E-state index contributed by atoms with van der Waals surface area (Å²) in [5.41, 5.74) is 1.93. The van der Waals surface area contributed by atoms with Crippen molar-refractivity contribution in [1.82, 2.24) is 10.2 Å². The monoisotopic (exact) mass is 443 g/mol. The normalized spacial score (nSPS) is 19.7. The number of nitrogens with zero attached hydrogens (tertiary/aromatic N) is 1. The van der Waals surface area contributed by atoms with Gasteiger partial charge in [0.05, 0.1) is 4.90 Å². The number of amides is 1. The van der Waals surface area contributed by atoms with Crippen LogP contribution in [-0.4, -0.2) is 45.4 Å². The van der Waals surface area contributed by atoms with E-state index in [9.17, 15) is 13.2 Å². The lowest BCUT2D eigenvalue weighted by atomic mass is 9.92. The van der Waals surface area contributed by atoms with Gasteiger partial charge in [0.1, 0.15) is 0 Å². The summed E-state index contributed by atoms with van der Waals surface area (Å²) >= 11 is 0. The lowest BCUT2D eigenvalue weighted by Gasteiger charge is -2.34. The second-order valence-corrected chi connectivity index (χ2v) is 10.5. The molecular formula is C24H33N3O3S. The van der Waals surface area contributed by atoms with Crippen LogP contribution in [0.2, 0.25) is 0 Å². The SMILES string of the molecule is Cc1ccc(S(=O)(=O)Nc2ccc(C(=O)NCCCN3CC(C)CC(C)C3)cc2)cc1. The van der Waals surface area contributed by atoms with Crippen LogP contribution in [0.1, 0.15) is 42.6 Å². The van der Waals surface area contributed by atoms with Gasteiger partial charge in [0, 0.05) is 30.9 Å². The van der Waals surface area contributed by atoms with E-state index in [1.54, 1.807) is 48.5 Å². The second-order valence-electron chi connectivity index (χ2n) is 8.81. The molecule has 0 aliphatic carbocycles. The summed E-state index contributed by atoms with van der Waals surface area (Å²) in [5, 5.41) is 2.96. The van der Waals surface area contributed by atoms with E-state index in [0.717, 1.165) is 43.5 Å². The Morgan fingerprint density at radius 3 is 2.23 bits per heavy atom. The Kier molecular flexibility index (Phi) is 7.73. The Morgan fingerprint density at radius 1 is 1.00 bits per heavy atom. The summed E-state index contributed by atoms with van der Waals surface area (Å²) in [4.78, 5) is 15.1. The zero-order chi connectivity index (χ0) is 22.4. The average molecular weight is 444 g/mol. The van der Waals surface area contributed by atoms with Crippen molar-refractivity contribution in [2.45, 2.75) is 38.5 Å². The first-order chi connectivity index (χ1) is 14.7. The fraction of sp³-hybridized carbons (Fsp3) is 0.458. The standard InChI is InChI=1S/C24H33N3O3S/c1-18-5-11-23(12-6-18)31(29,30)26-22-9-7-21(8-10-22)24(28)25-13-4-14-27-16-19(2)15-20(3)17-27/h5-12,19-20,26H,4,13-17H2,1-3H3,(H,25,28). The first-order valence-electron chi connectivity index (χ1n) is 10.9. The van der Waals surface area contributed by atoms with Crippen molar-refractivity contribution in [3.8, 4) is 0 Å². The molecular weight excluding hydrogens is 410 g/mol. The Bertz CT molecular complexity index is 962. The summed E-state index contributed by atoms with van der Waals surface area (Å²) in [5.74, 6) is 1.33. The quantitative estimate of drug-likeness (QED) is 0.607. The molecule has 0 bridgehead atoms. The summed E-state index contributed by atoms with van der Waals surface area (Å²) in [7, 11) is -3.65. The second kappa shape index (κ2) is 10.3. The van der Waals surface area contributed by atoms with Crippen molar-refractivity contribution in [2.75, 3.05) is 30.9 Å². The van der Waals surface area contributed by atoms with Crippen molar-refractivity contribution < 1.29 is 13.2 Å². The number of sulfonamides is 1. The Morgan fingerprint density at radius 2 is 1.61 bits per heavy atom.